The van der Waals surface area contributed by atoms with Crippen LogP contribution in [-0.2, 0) is 26.2 Å². The Morgan fingerprint density at radius 2 is 1.76 bits per heavy atom. The smallest absolute Gasteiger partial charge is 0.356 e. The third-order valence-electron chi connectivity index (χ3n) is 5.46. The van der Waals surface area contributed by atoms with Crippen molar-refractivity contribution in [3.8, 4) is 0 Å². The van der Waals surface area contributed by atoms with Crippen LogP contribution in [0.25, 0.3) is 0 Å². The molecule has 11 heteroatoms. The first-order valence-electron chi connectivity index (χ1n) is 10.4. The Morgan fingerprint density at radius 1 is 1.12 bits per heavy atom. The number of tetrazole rings is 1. The molecule has 9 nitrogen and oxygen atoms in total. The van der Waals surface area contributed by atoms with Gasteiger partial charge in [-0.15, -0.1) is 16.9 Å². The van der Waals surface area contributed by atoms with Crippen LogP contribution < -0.4 is 0 Å². The summed E-state index contributed by atoms with van der Waals surface area (Å²) in [5, 5.41) is 11.3. The van der Waals surface area contributed by atoms with Crippen LogP contribution in [0.4, 0.5) is 0 Å². The maximum atomic E-state index is 13.6. The van der Waals surface area contributed by atoms with Gasteiger partial charge in [0.25, 0.3) is 11.7 Å². The first kappa shape index (κ1) is 22.4. The molecule has 1 saturated heterocycles. The zero-order chi connectivity index (χ0) is 23.7. The summed E-state index contributed by atoms with van der Waals surface area (Å²) in [4.78, 5) is 39.4. The number of ether oxygens (including phenoxy) is 1. The summed E-state index contributed by atoms with van der Waals surface area (Å²) in [5.74, 6) is -1.04. The Morgan fingerprint density at radius 3 is 2.35 bits per heavy atom. The zero-order valence-corrected chi connectivity index (χ0v) is 19.7. The van der Waals surface area contributed by atoms with Crippen LogP contribution >= 0.6 is 23.5 Å². The van der Waals surface area contributed by atoms with E-state index in [2.05, 4.69) is 15.5 Å². The molecule has 1 aromatic heterocycles. The number of aromatic nitrogens is 4. The lowest BCUT2D eigenvalue weighted by molar-refractivity contribution is -0.158. The van der Waals surface area contributed by atoms with Gasteiger partial charge in [-0.3, -0.25) is 14.5 Å². The fraction of sp³-hybridized carbons (Fsp3) is 0.217. The highest BCUT2D eigenvalue weighted by atomic mass is 32.2. The Hall–Kier alpha value is -3.44. The summed E-state index contributed by atoms with van der Waals surface area (Å²) >= 11 is 2.67. The summed E-state index contributed by atoms with van der Waals surface area (Å²) in [6, 6.07) is 18.8. The molecule has 0 spiro atoms. The van der Waals surface area contributed by atoms with Gasteiger partial charge in [0.2, 0.25) is 5.16 Å². The predicted octanol–water partition coefficient (Wildman–Crippen LogP) is 2.37. The second kappa shape index (κ2) is 9.43. The third kappa shape index (κ3) is 4.12. The molecule has 0 unspecified atom stereocenters. The molecule has 2 aliphatic heterocycles. The molecule has 2 aromatic carbocycles. The number of nitrogens with zero attached hydrogens (tertiary/aromatic N) is 5. The number of β-lactam (4-membered cyclic amide) rings is 1. The average molecular weight is 494 g/mol. The van der Waals surface area contributed by atoms with Crippen LogP contribution in [-0.4, -0.2) is 59.6 Å². The third-order valence-corrected chi connectivity index (χ3v) is 7.81. The molecule has 0 radical (unpaired) electrons. The summed E-state index contributed by atoms with van der Waals surface area (Å²) in [6.45, 7) is 0. The number of Topliss-reactive ketones (excluding diaryl/α,β-unsaturated/α-hetero) is 1. The molecule has 1 fully saturated rings. The van der Waals surface area contributed by atoms with Gasteiger partial charge in [0.05, 0.1) is 0 Å². The van der Waals surface area contributed by atoms with Gasteiger partial charge in [0, 0.05) is 18.6 Å². The average Bonchev–Trinajstić information content (AvgIpc) is 3.30. The summed E-state index contributed by atoms with van der Waals surface area (Å²) in [6.07, 6.45) is -0.667. The van der Waals surface area contributed by atoms with Crippen molar-refractivity contribution in [3.63, 3.8) is 0 Å². The van der Waals surface area contributed by atoms with E-state index in [1.165, 1.54) is 33.1 Å². The van der Waals surface area contributed by atoms with Crippen molar-refractivity contribution >= 4 is 41.2 Å². The highest BCUT2D eigenvalue weighted by Gasteiger charge is 2.53. The number of rotatable bonds is 7. The van der Waals surface area contributed by atoms with E-state index in [-0.39, 0.29) is 5.70 Å². The molecule has 2 aliphatic rings. The Balaban J connectivity index is 1.48. The quantitative estimate of drug-likeness (QED) is 0.212. The van der Waals surface area contributed by atoms with Crippen molar-refractivity contribution < 1.29 is 19.1 Å². The minimum Gasteiger partial charge on any atom is -0.448 e. The van der Waals surface area contributed by atoms with Crippen molar-refractivity contribution in [2.45, 2.75) is 16.6 Å². The molecule has 1 atom stereocenters. The number of thioether (sulfide) groups is 2. The van der Waals surface area contributed by atoms with E-state index < -0.39 is 29.1 Å². The van der Waals surface area contributed by atoms with E-state index in [0.29, 0.717) is 22.2 Å². The number of esters is 1. The van der Waals surface area contributed by atoms with Gasteiger partial charge < -0.3 is 4.74 Å². The molecule has 172 valence electrons. The van der Waals surface area contributed by atoms with Crippen LogP contribution in [0, 0.1) is 0 Å². The molecule has 3 heterocycles. The number of hydrogen-bond donors (Lipinski definition) is 0. The lowest BCUT2D eigenvalue weighted by Gasteiger charge is -2.42. The molecule has 3 aromatic rings. The number of hydrogen-bond acceptors (Lipinski definition) is 9. The van der Waals surface area contributed by atoms with Gasteiger partial charge in [0.1, 0.15) is 5.70 Å². The van der Waals surface area contributed by atoms with E-state index in [9.17, 15) is 14.4 Å². The van der Waals surface area contributed by atoms with E-state index >= 15 is 0 Å². The number of ketones is 1. The number of aryl methyl sites for hydroxylation is 1. The number of fused-ring (bicyclic) bond motifs is 1. The molecule has 5 rings (SSSR count). The standard InChI is InChI=1S/C23H19N5O4S2/c1-27-23(24-25-26-27)34-13-16-12-33-21-18(29)20(30)28(21)17(16)22(31)32-19(14-8-4-2-5-9-14)15-10-6-3-7-11-15/h2-11,19,21H,12-13H2,1H3/t21-/m0/s1. The summed E-state index contributed by atoms with van der Waals surface area (Å²) in [5.41, 5.74) is 2.43. The van der Waals surface area contributed by atoms with E-state index in [4.69, 9.17) is 4.74 Å². The predicted molar refractivity (Wildman–Crippen MR) is 125 cm³/mol. The lowest BCUT2D eigenvalue weighted by Crippen LogP contribution is -2.62. The van der Waals surface area contributed by atoms with Crippen molar-refractivity contribution in [1.82, 2.24) is 25.1 Å². The van der Waals surface area contributed by atoms with Gasteiger partial charge in [-0.05, 0) is 27.1 Å². The second-order valence-corrected chi connectivity index (χ2v) is 9.65. The first-order chi connectivity index (χ1) is 16.5. The fourth-order valence-corrected chi connectivity index (χ4v) is 5.95. The largest absolute Gasteiger partial charge is 0.448 e. The van der Waals surface area contributed by atoms with E-state index in [0.717, 1.165) is 11.1 Å². The second-order valence-electron chi connectivity index (χ2n) is 7.64. The van der Waals surface area contributed by atoms with E-state index in [1.54, 1.807) is 7.05 Å². The topological polar surface area (TPSA) is 107 Å². The number of benzene rings is 2. The van der Waals surface area contributed by atoms with Crippen LogP contribution in [0.15, 0.2) is 77.1 Å². The molecular weight excluding hydrogens is 474 g/mol. The zero-order valence-electron chi connectivity index (χ0n) is 18.0. The molecule has 0 bridgehead atoms. The maximum absolute atomic E-state index is 13.6. The van der Waals surface area contributed by atoms with Crippen LogP contribution in [0.1, 0.15) is 17.2 Å². The molecule has 34 heavy (non-hydrogen) atoms. The van der Waals surface area contributed by atoms with Crippen LogP contribution in [0.5, 0.6) is 0 Å². The SMILES string of the molecule is Cn1nnnc1SCC1=C(C(=O)OC(c2ccccc2)c2ccccc2)N2C(=O)C(=O)[C@@H]2SC1. The normalized spacial score (nSPS) is 17.6. The van der Waals surface area contributed by atoms with E-state index in [1.807, 2.05) is 60.7 Å². The Labute approximate surface area is 203 Å². The molecule has 0 N–H and O–H groups in total. The highest BCUT2D eigenvalue weighted by Crippen LogP contribution is 2.40. The van der Waals surface area contributed by atoms with Gasteiger partial charge in [0.15, 0.2) is 11.5 Å². The molecule has 0 saturated carbocycles. The monoisotopic (exact) mass is 493 g/mol. The minimum absolute atomic E-state index is 0.132. The first-order valence-corrected chi connectivity index (χ1v) is 12.4. The van der Waals surface area contributed by atoms with Gasteiger partial charge >= 0.3 is 5.97 Å². The van der Waals surface area contributed by atoms with Crippen molar-refractivity contribution in [1.29, 1.82) is 0 Å². The fourth-order valence-electron chi connectivity index (χ4n) is 3.76. The number of amides is 1. The summed E-state index contributed by atoms with van der Waals surface area (Å²) in [7, 11) is 1.72. The maximum Gasteiger partial charge on any atom is 0.356 e. The lowest BCUT2D eigenvalue weighted by atomic mass is 10.0. The van der Waals surface area contributed by atoms with Gasteiger partial charge in [-0.25, -0.2) is 9.48 Å². The Bertz CT molecular complexity index is 1240. The molecular formula is C23H19N5O4S2. The minimum atomic E-state index is -0.692. The van der Waals surface area contributed by atoms with Crippen LogP contribution in [0.2, 0.25) is 0 Å². The number of carbonyl (C=O) groups is 3. The van der Waals surface area contributed by atoms with Crippen molar-refractivity contribution in [3.05, 3.63) is 83.1 Å². The molecule has 0 aliphatic carbocycles. The van der Waals surface area contributed by atoms with Crippen LogP contribution in [0.3, 0.4) is 0 Å². The Kier molecular flexibility index (Phi) is 6.20. The van der Waals surface area contributed by atoms with Gasteiger partial charge in [-0.1, -0.05) is 72.4 Å². The number of carbonyl (C=O) groups excluding carboxylic acids is 3. The highest BCUT2D eigenvalue weighted by molar-refractivity contribution is 8.01. The van der Waals surface area contributed by atoms with Crippen molar-refractivity contribution in [2.75, 3.05) is 11.5 Å². The molecule has 1 amide bonds. The van der Waals surface area contributed by atoms with Crippen molar-refractivity contribution in [2.24, 2.45) is 7.05 Å². The summed E-state index contributed by atoms with van der Waals surface area (Å²) < 4.78 is 7.55. The van der Waals surface area contributed by atoms with Gasteiger partial charge in [-0.2, -0.15) is 0 Å².